The number of piperazine rings is 1. The number of hydrogen-bond donors (Lipinski definition) is 1. The molecule has 1 saturated carbocycles. The predicted molar refractivity (Wildman–Crippen MR) is 86.7 cm³/mol. The second kappa shape index (κ2) is 6.39. The Bertz CT molecular complexity index is 501. The Morgan fingerprint density at radius 3 is 2.32 bits per heavy atom. The molecule has 4 nitrogen and oxygen atoms in total. The summed E-state index contributed by atoms with van der Waals surface area (Å²) in [6.07, 6.45) is 2.91. The van der Waals surface area contributed by atoms with Gasteiger partial charge in [0.25, 0.3) is 0 Å². The van der Waals surface area contributed by atoms with Crippen molar-refractivity contribution in [2.75, 3.05) is 32.8 Å². The molecular weight excluding hydrogens is 276 g/mol. The highest BCUT2D eigenvalue weighted by Gasteiger charge is 2.53. The van der Waals surface area contributed by atoms with Crippen molar-refractivity contribution in [3.63, 3.8) is 0 Å². The van der Waals surface area contributed by atoms with E-state index in [4.69, 9.17) is 0 Å². The normalized spacial score (nSPS) is 22.4. The summed E-state index contributed by atoms with van der Waals surface area (Å²) in [6, 6.07) is 10.4. The Balaban J connectivity index is 1.63. The molecule has 3 rings (SSSR count). The summed E-state index contributed by atoms with van der Waals surface area (Å²) in [5, 5.41) is 9.42. The van der Waals surface area contributed by atoms with Crippen LogP contribution in [0.3, 0.4) is 0 Å². The molecule has 1 aromatic rings. The molecule has 1 heterocycles. The molecule has 1 aromatic carbocycles. The fraction of sp³-hybridized carbons (Fsp3) is 0.611. The number of hydrogen-bond acceptors (Lipinski definition) is 3. The molecule has 4 heteroatoms. The van der Waals surface area contributed by atoms with Gasteiger partial charge in [0.05, 0.1) is 12.0 Å². The van der Waals surface area contributed by atoms with Gasteiger partial charge in [-0.05, 0) is 24.8 Å². The van der Waals surface area contributed by atoms with Crippen LogP contribution in [0.4, 0.5) is 0 Å². The summed E-state index contributed by atoms with van der Waals surface area (Å²) in [4.78, 5) is 17.3. The Morgan fingerprint density at radius 1 is 1.18 bits per heavy atom. The topological polar surface area (TPSA) is 43.8 Å². The summed E-state index contributed by atoms with van der Waals surface area (Å²) in [5.74, 6) is 0.301. The fourth-order valence-electron chi connectivity index (χ4n) is 3.60. The third-order valence-corrected chi connectivity index (χ3v) is 5.29. The van der Waals surface area contributed by atoms with Gasteiger partial charge in [0.2, 0.25) is 5.91 Å². The van der Waals surface area contributed by atoms with Crippen molar-refractivity contribution >= 4 is 5.91 Å². The van der Waals surface area contributed by atoms with Crippen LogP contribution in [0.25, 0.3) is 0 Å². The van der Waals surface area contributed by atoms with Crippen LogP contribution in [0.5, 0.6) is 0 Å². The van der Waals surface area contributed by atoms with Gasteiger partial charge in [0.1, 0.15) is 0 Å². The quantitative estimate of drug-likeness (QED) is 0.899. The highest BCUT2D eigenvalue weighted by molar-refractivity contribution is 5.91. The largest absolute Gasteiger partial charge is 0.395 e. The molecule has 120 valence electrons. The molecule has 1 aliphatic carbocycles. The lowest BCUT2D eigenvalue weighted by atomic mass is 9.94. The van der Waals surface area contributed by atoms with Crippen LogP contribution in [0.2, 0.25) is 0 Å². The van der Waals surface area contributed by atoms with E-state index in [9.17, 15) is 9.90 Å². The second-order valence-corrected chi connectivity index (χ2v) is 6.52. The zero-order chi connectivity index (χ0) is 15.6. The minimum atomic E-state index is -0.245. The lowest BCUT2D eigenvalue weighted by Gasteiger charge is -2.39. The van der Waals surface area contributed by atoms with Crippen molar-refractivity contribution in [3.05, 3.63) is 35.9 Å². The monoisotopic (exact) mass is 302 g/mol. The molecule has 1 aliphatic heterocycles. The maximum Gasteiger partial charge on any atom is 0.233 e. The van der Waals surface area contributed by atoms with E-state index in [1.54, 1.807) is 0 Å². The van der Waals surface area contributed by atoms with Crippen LogP contribution >= 0.6 is 0 Å². The van der Waals surface area contributed by atoms with E-state index in [0.29, 0.717) is 5.91 Å². The number of benzene rings is 1. The highest BCUT2D eigenvalue weighted by Crippen LogP contribution is 2.49. The molecule has 0 spiro atoms. The summed E-state index contributed by atoms with van der Waals surface area (Å²) in [6.45, 7) is 5.62. The summed E-state index contributed by atoms with van der Waals surface area (Å²) >= 11 is 0. The number of carbonyl (C=O) groups excluding carboxylic acids is 1. The van der Waals surface area contributed by atoms with E-state index in [-0.39, 0.29) is 18.1 Å². The summed E-state index contributed by atoms with van der Waals surface area (Å²) in [5.41, 5.74) is 0.925. The first-order valence-corrected chi connectivity index (χ1v) is 8.41. The minimum absolute atomic E-state index is 0.207. The van der Waals surface area contributed by atoms with E-state index in [1.165, 1.54) is 5.56 Å². The zero-order valence-electron chi connectivity index (χ0n) is 13.4. The lowest BCUT2D eigenvalue weighted by molar-refractivity contribution is -0.136. The number of aliphatic hydroxyl groups excluding tert-OH is 1. The minimum Gasteiger partial charge on any atom is -0.395 e. The predicted octanol–water partition coefficient (Wildman–Crippen LogP) is 1.63. The first-order valence-electron chi connectivity index (χ1n) is 8.41. The third kappa shape index (κ3) is 2.77. The molecule has 1 atom stereocenters. The Labute approximate surface area is 132 Å². The highest BCUT2D eigenvalue weighted by atomic mass is 16.3. The summed E-state index contributed by atoms with van der Waals surface area (Å²) in [7, 11) is 0. The van der Waals surface area contributed by atoms with Gasteiger partial charge in [-0.15, -0.1) is 0 Å². The maximum atomic E-state index is 13.0. The first-order chi connectivity index (χ1) is 10.7. The van der Waals surface area contributed by atoms with E-state index < -0.39 is 0 Å². The molecule has 1 N–H and O–H groups in total. The Kier molecular flexibility index (Phi) is 4.50. The zero-order valence-corrected chi connectivity index (χ0v) is 13.4. The molecule has 22 heavy (non-hydrogen) atoms. The molecule has 1 amide bonds. The van der Waals surface area contributed by atoms with Crippen molar-refractivity contribution in [2.24, 2.45) is 0 Å². The van der Waals surface area contributed by atoms with Gasteiger partial charge < -0.3 is 10.0 Å². The molecule has 1 unspecified atom stereocenters. The van der Waals surface area contributed by atoms with E-state index in [1.807, 2.05) is 23.1 Å². The third-order valence-electron chi connectivity index (χ3n) is 5.29. The number of rotatable bonds is 5. The van der Waals surface area contributed by atoms with Crippen molar-refractivity contribution in [1.29, 1.82) is 0 Å². The molecule has 0 bridgehead atoms. The molecule has 2 fully saturated rings. The number of aliphatic hydroxyl groups is 1. The maximum absolute atomic E-state index is 13.0. The van der Waals surface area contributed by atoms with Crippen LogP contribution in [-0.4, -0.2) is 59.6 Å². The SMILES string of the molecule is CCC(CO)N1CCN(C(=O)C2(c3ccccc3)CC2)CC1. The van der Waals surface area contributed by atoms with Crippen molar-refractivity contribution in [1.82, 2.24) is 9.80 Å². The Hall–Kier alpha value is -1.39. The average Bonchev–Trinajstić information content (AvgIpc) is 3.39. The van der Waals surface area contributed by atoms with Crippen molar-refractivity contribution in [3.8, 4) is 0 Å². The van der Waals surface area contributed by atoms with Gasteiger partial charge in [-0.2, -0.15) is 0 Å². The Morgan fingerprint density at radius 2 is 1.82 bits per heavy atom. The summed E-state index contributed by atoms with van der Waals surface area (Å²) < 4.78 is 0. The van der Waals surface area contributed by atoms with Gasteiger partial charge >= 0.3 is 0 Å². The van der Waals surface area contributed by atoms with Crippen LogP contribution in [0, 0.1) is 0 Å². The lowest BCUT2D eigenvalue weighted by Crippen LogP contribution is -2.54. The fourth-order valence-corrected chi connectivity index (χ4v) is 3.60. The molecule has 2 aliphatic rings. The van der Waals surface area contributed by atoms with E-state index in [0.717, 1.165) is 45.4 Å². The molecule has 0 radical (unpaired) electrons. The number of carbonyl (C=O) groups is 1. The van der Waals surface area contributed by atoms with E-state index >= 15 is 0 Å². The van der Waals surface area contributed by atoms with Crippen LogP contribution < -0.4 is 0 Å². The van der Waals surface area contributed by atoms with Crippen LogP contribution in [0.15, 0.2) is 30.3 Å². The number of amides is 1. The molecule has 1 saturated heterocycles. The van der Waals surface area contributed by atoms with Crippen molar-refractivity contribution < 1.29 is 9.90 Å². The van der Waals surface area contributed by atoms with Gasteiger partial charge in [0.15, 0.2) is 0 Å². The second-order valence-electron chi connectivity index (χ2n) is 6.52. The molecule has 0 aromatic heterocycles. The standard InChI is InChI=1S/C18H26N2O2/c1-2-16(14-21)19-10-12-20(13-11-19)17(22)18(8-9-18)15-6-4-3-5-7-15/h3-7,16,21H,2,8-14H2,1H3. The van der Waals surface area contributed by atoms with Gasteiger partial charge in [-0.25, -0.2) is 0 Å². The van der Waals surface area contributed by atoms with Gasteiger partial charge in [-0.1, -0.05) is 37.3 Å². The van der Waals surface area contributed by atoms with Gasteiger partial charge in [-0.3, -0.25) is 9.69 Å². The van der Waals surface area contributed by atoms with Gasteiger partial charge in [0, 0.05) is 32.2 Å². The smallest absolute Gasteiger partial charge is 0.233 e. The van der Waals surface area contributed by atoms with Crippen LogP contribution in [0.1, 0.15) is 31.7 Å². The first kappa shape index (κ1) is 15.5. The van der Waals surface area contributed by atoms with E-state index in [2.05, 4.69) is 24.0 Å². The average molecular weight is 302 g/mol. The number of nitrogens with zero attached hydrogens (tertiary/aromatic N) is 2. The van der Waals surface area contributed by atoms with Crippen molar-refractivity contribution in [2.45, 2.75) is 37.6 Å². The van der Waals surface area contributed by atoms with Crippen LogP contribution in [-0.2, 0) is 10.2 Å². The molecular formula is C18H26N2O2.